The number of hydrogen-bond donors (Lipinski definition) is 1. The SMILES string of the molecule is CSCc1cc(F)cc(Nc2ncnc(Cl)n2)c1. The van der Waals surface area contributed by atoms with Crippen LogP contribution in [0.2, 0.25) is 5.28 Å². The van der Waals surface area contributed by atoms with Crippen LogP contribution in [0.3, 0.4) is 0 Å². The van der Waals surface area contributed by atoms with Crippen molar-refractivity contribution in [2.24, 2.45) is 0 Å². The van der Waals surface area contributed by atoms with Gasteiger partial charge >= 0.3 is 0 Å². The van der Waals surface area contributed by atoms with Gasteiger partial charge in [-0.2, -0.15) is 16.7 Å². The van der Waals surface area contributed by atoms with Crippen molar-refractivity contribution >= 4 is 35.0 Å². The Labute approximate surface area is 113 Å². The Balaban J connectivity index is 2.23. The van der Waals surface area contributed by atoms with E-state index in [4.69, 9.17) is 11.6 Å². The van der Waals surface area contributed by atoms with Gasteiger partial charge in [0, 0.05) is 11.4 Å². The van der Waals surface area contributed by atoms with E-state index in [-0.39, 0.29) is 17.0 Å². The Morgan fingerprint density at radius 2 is 2.17 bits per heavy atom. The maximum absolute atomic E-state index is 13.4. The van der Waals surface area contributed by atoms with Crippen molar-refractivity contribution in [3.8, 4) is 0 Å². The molecule has 0 aliphatic heterocycles. The summed E-state index contributed by atoms with van der Waals surface area (Å²) >= 11 is 7.27. The maximum atomic E-state index is 13.4. The molecular weight excluding hydrogens is 275 g/mol. The quantitative estimate of drug-likeness (QED) is 0.934. The smallest absolute Gasteiger partial charge is 0.231 e. The van der Waals surface area contributed by atoms with E-state index in [9.17, 15) is 4.39 Å². The average Bonchev–Trinajstić information content (AvgIpc) is 2.28. The molecule has 4 nitrogen and oxygen atoms in total. The Morgan fingerprint density at radius 1 is 1.33 bits per heavy atom. The van der Waals surface area contributed by atoms with Gasteiger partial charge in [-0.05, 0) is 41.6 Å². The third-order valence-electron chi connectivity index (χ3n) is 2.07. The Hall–Kier alpha value is -1.40. The second-order valence-electron chi connectivity index (χ2n) is 3.48. The fourth-order valence-electron chi connectivity index (χ4n) is 1.44. The number of nitrogens with zero attached hydrogens (tertiary/aromatic N) is 3. The summed E-state index contributed by atoms with van der Waals surface area (Å²) in [5, 5.41) is 2.98. The number of nitrogens with one attached hydrogen (secondary N) is 1. The first-order valence-electron chi connectivity index (χ1n) is 5.07. The van der Waals surface area contributed by atoms with Gasteiger partial charge in [0.1, 0.15) is 12.1 Å². The van der Waals surface area contributed by atoms with Gasteiger partial charge in [-0.15, -0.1) is 0 Å². The summed E-state index contributed by atoms with van der Waals surface area (Å²) < 4.78 is 13.4. The molecule has 0 aliphatic carbocycles. The zero-order chi connectivity index (χ0) is 13.0. The third-order valence-corrected chi connectivity index (χ3v) is 2.87. The van der Waals surface area contributed by atoms with Gasteiger partial charge in [0.15, 0.2) is 0 Å². The molecule has 2 rings (SSSR count). The van der Waals surface area contributed by atoms with E-state index < -0.39 is 0 Å². The zero-order valence-electron chi connectivity index (χ0n) is 9.52. The van der Waals surface area contributed by atoms with E-state index >= 15 is 0 Å². The highest BCUT2D eigenvalue weighted by atomic mass is 35.5. The van der Waals surface area contributed by atoms with Crippen LogP contribution in [-0.4, -0.2) is 21.2 Å². The van der Waals surface area contributed by atoms with Crippen LogP contribution >= 0.6 is 23.4 Å². The van der Waals surface area contributed by atoms with Gasteiger partial charge in [0.25, 0.3) is 0 Å². The number of halogens is 2. The molecule has 1 N–H and O–H groups in total. The predicted molar refractivity (Wildman–Crippen MR) is 71.7 cm³/mol. The first-order chi connectivity index (χ1) is 8.67. The molecule has 7 heteroatoms. The molecule has 0 bridgehead atoms. The minimum Gasteiger partial charge on any atom is -0.324 e. The first kappa shape index (κ1) is 13.0. The van der Waals surface area contributed by atoms with Crippen molar-refractivity contribution in [2.45, 2.75) is 5.75 Å². The Kier molecular flexibility index (Phi) is 4.33. The summed E-state index contributed by atoms with van der Waals surface area (Å²) in [7, 11) is 0. The van der Waals surface area contributed by atoms with E-state index in [1.807, 2.05) is 12.3 Å². The second-order valence-corrected chi connectivity index (χ2v) is 4.69. The van der Waals surface area contributed by atoms with Crippen LogP contribution in [0.25, 0.3) is 0 Å². The molecular formula is C11H10ClFN4S. The molecule has 0 saturated carbocycles. The lowest BCUT2D eigenvalue weighted by Gasteiger charge is -2.07. The van der Waals surface area contributed by atoms with Crippen LogP contribution < -0.4 is 5.32 Å². The summed E-state index contributed by atoms with van der Waals surface area (Å²) in [5.41, 5.74) is 1.48. The molecule has 0 fully saturated rings. The molecule has 0 aliphatic rings. The van der Waals surface area contributed by atoms with E-state index in [1.165, 1.54) is 18.5 Å². The molecule has 94 valence electrons. The van der Waals surface area contributed by atoms with Crippen molar-refractivity contribution in [3.05, 3.63) is 41.2 Å². The van der Waals surface area contributed by atoms with Crippen LogP contribution in [0, 0.1) is 5.82 Å². The normalized spacial score (nSPS) is 10.4. The monoisotopic (exact) mass is 284 g/mol. The number of rotatable bonds is 4. The van der Waals surface area contributed by atoms with E-state index in [1.54, 1.807) is 11.8 Å². The number of hydrogen-bond acceptors (Lipinski definition) is 5. The van der Waals surface area contributed by atoms with E-state index in [0.29, 0.717) is 5.69 Å². The lowest BCUT2D eigenvalue weighted by Crippen LogP contribution is -1.99. The molecule has 0 atom stereocenters. The molecule has 0 radical (unpaired) electrons. The average molecular weight is 285 g/mol. The second kappa shape index (κ2) is 5.97. The fourth-order valence-corrected chi connectivity index (χ4v) is 2.06. The Morgan fingerprint density at radius 3 is 2.89 bits per heavy atom. The summed E-state index contributed by atoms with van der Waals surface area (Å²) in [4.78, 5) is 11.4. The van der Waals surface area contributed by atoms with Crippen molar-refractivity contribution in [1.29, 1.82) is 0 Å². The third kappa shape index (κ3) is 3.54. The summed E-state index contributed by atoms with van der Waals surface area (Å²) in [6.07, 6.45) is 3.25. The highest BCUT2D eigenvalue weighted by Crippen LogP contribution is 2.20. The van der Waals surface area contributed by atoms with Gasteiger partial charge in [-0.1, -0.05) is 0 Å². The number of anilines is 2. The standard InChI is InChI=1S/C11H10ClFN4S/c1-18-5-7-2-8(13)4-9(3-7)16-11-15-6-14-10(12)17-11/h2-4,6H,5H2,1H3,(H,14,15,16,17). The fraction of sp³-hybridized carbons (Fsp3) is 0.182. The minimum atomic E-state index is -0.302. The summed E-state index contributed by atoms with van der Waals surface area (Å²) in [6.45, 7) is 0. The van der Waals surface area contributed by atoms with Crippen molar-refractivity contribution in [3.63, 3.8) is 0 Å². The first-order valence-corrected chi connectivity index (χ1v) is 6.84. The van der Waals surface area contributed by atoms with E-state index in [0.717, 1.165) is 11.3 Å². The van der Waals surface area contributed by atoms with Crippen LogP contribution in [0.1, 0.15) is 5.56 Å². The van der Waals surface area contributed by atoms with Gasteiger partial charge in [-0.25, -0.2) is 14.4 Å². The van der Waals surface area contributed by atoms with Gasteiger partial charge < -0.3 is 5.32 Å². The molecule has 1 aromatic carbocycles. The molecule has 1 aromatic heterocycles. The molecule has 0 unspecified atom stereocenters. The molecule has 0 amide bonds. The number of benzene rings is 1. The lowest BCUT2D eigenvalue weighted by atomic mass is 10.2. The molecule has 18 heavy (non-hydrogen) atoms. The van der Waals surface area contributed by atoms with Crippen LogP contribution in [-0.2, 0) is 5.75 Å². The van der Waals surface area contributed by atoms with Gasteiger partial charge in [-0.3, -0.25) is 0 Å². The van der Waals surface area contributed by atoms with Gasteiger partial charge in [0.2, 0.25) is 11.2 Å². The molecule has 0 saturated heterocycles. The Bertz CT molecular complexity index is 552. The minimum absolute atomic E-state index is 0.0910. The number of thioether (sulfide) groups is 1. The largest absolute Gasteiger partial charge is 0.324 e. The topological polar surface area (TPSA) is 50.7 Å². The van der Waals surface area contributed by atoms with Crippen LogP contribution in [0.4, 0.5) is 16.0 Å². The molecule has 2 aromatic rings. The van der Waals surface area contributed by atoms with Gasteiger partial charge in [0.05, 0.1) is 0 Å². The zero-order valence-corrected chi connectivity index (χ0v) is 11.1. The molecule has 1 heterocycles. The summed E-state index contributed by atoms with van der Waals surface area (Å²) in [5.74, 6) is 0.726. The summed E-state index contributed by atoms with van der Waals surface area (Å²) in [6, 6.07) is 4.72. The van der Waals surface area contributed by atoms with Crippen LogP contribution in [0.5, 0.6) is 0 Å². The van der Waals surface area contributed by atoms with E-state index in [2.05, 4.69) is 20.3 Å². The van der Waals surface area contributed by atoms with Crippen LogP contribution in [0.15, 0.2) is 24.5 Å². The highest BCUT2D eigenvalue weighted by Gasteiger charge is 2.03. The predicted octanol–water partition coefficient (Wildman–Crippen LogP) is 3.27. The van der Waals surface area contributed by atoms with Crippen molar-refractivity contribution in [1.82, 2.24) is 15.0 Å². The highest BCUT2D eigenvalue weighted by molar-refractivity contribution is 7.97. The molecule has 0 spiro atoms. The number of aromatic nitrogens is 3. The van der Waals surface area contributed by atoms with Crippen molar-refractivity contribution < 1.29 is 4.39 Å². The van der Waals surface area contributed by atoms with Crippen molar-refractivity contribution in [2.75, 3.05) is 11.6 Å². The lowest BCUT2D eigenvalue weighted by molar-refractivity contribution is 0.627. The maximum Gasteiger partial charge on any atom is 0.231 e.